The van der Waals surface area contributed by atoms with Crippen molar-refractivity contribution in [3.63, 3.8) is 0 Å². The van der Waals surface area contributed by atoms with Gasteiger partial charge in [-0.2, -0.15) is 0 Å². The van der Waals surface area contributed by atoms with Gasteiger partial charge in [0.05, 0.1) is 6.10 Å². The molecule has 4 nitrogen and oxygen atoms in total. The van der Waals surface area contributed by atoms with Crippen LogP contribution in [-0.4, -0.2) is 31.7 Å². The molecular formula is C17H18F2N2O2. The number of amides is 1. The molecule has 0 spiro atoms. The van der Waals surface area contributed by atoms with Crippen molar-refractivity contribution in [2.45, 2.75) is 6.10 Å². The summed E-state index contributed by atoms with van der Waals surface area (Å²) in [6.07, 6.45) is -0.968. The van der Waals surface area contributed by atoms with Crippen molar-refractivity contribution in [1.29, 1.82) is 0 Å². The first-order valence-electron chi connectivity index (χ1n) is 7.07. The quantitative estimate of drug-likeness (QED) is 0.890. The van der Waals surface area contributed by atoms with E-state index in [2.05, 4.69) is 5.32 Å². The summed E-state index contributed by atoms with van der Waals surface area (Å²) in [7, 11) is 3.79. The second-order valence-electron chi connectivity index (χ2n) is 5.31. The normalized spacial score (nSPS) is 11.9. The molecule has 0 aliphatic rings. The number of nitrogens with one attached hydrogen (secondary N) is 1. The summed E-state index contributed by atoms with van der Waals surface area (Å²) in [5.41, 5.74) is 0.922. The lowest BCUT2D eigenvalue weighted by atomic mass is 10.1. The first-order chi connectivity index (χ1) is 10.9. The van der Waals surface area contributed by atoms with E-state index >= 15 is 0 Å². The Bertz CT molecular complexity index is 667. The molecule has 122 valence electrons. The number of rotatable bonds is 5. The van der Waals surface area contributed by atoms with E-state index in [1.807, 2.05) is 31.1 Å². The molecule has 0 radical (unpaired) electrons. The molecule has 2 aromatic carbocycles. The van der Waals surface area contributed by atoms with Crippen molar-refractivity contribution in [3.05, 3.63) is 65.2 Å². The number of aliphatic hydroxyl groups is 1. The molecule has 2 N–H and O–H groups in total. The predicted octanol–water partition coefficient (Wildman–Crippen LogP) is 2.49. The van der Waals surface area contributed by atoms with Gasteiger partial charge in [0.15, 0.2) is 0 Å². The Morgan fingerprint density at radius 2 is 1.70 bits per heavy atom. The van der Waals surface area contributed by atoms with Crippen molar-refractivity contribution >= 4 is 11.6 Å². The molecule has 1 atom stereocenters. The van der Waals surface area contributed by atoms with Crippen LogP contribution in [0.15, 0.2) is 42.5 Å². The molecular weight excluding hydrogens is 302 g/mol. The molecule has 0 fully saturated rings. The van der Waals surface area contributed by atoms with E-state index in [4.69, 9.17) is 0 Å². The van der Waals surface area contributed by atoms with Gasteiger partial charge in [-0.3, -0.25) is 4.79 Å². The van der Waals surface area contributed by atoms with Gasteiger partial charge in [-0.15, -0.1) is 0 Å². The minimum atomic E-state index is -0.968. The zero-order valence-electron chi connectivity index (χ0n) is 12.9. The van der Waals surface area contributed by atoms with Crippen molar-refractivity contribution in [1.82, 2.24) is 5.32 Å². The summed E-state index contributed by atoms with van der Waals surface area (Å²) in [6, 6.07) is 10.3. The summed E-state index contributed by atoms with van der Waals surface area (Å²) in [5.74, 6) is -2.77. The molecule has 0 aliphatic carbocycles. The summed E-state index contributed by atoms with van der Waals surface area (Å²) in [4.78, 5) is 13.8. The molecule has 23 heavy (non-hydrogen) atoms. The highest BCUT2D eigenvalue weighted by molar-refractivity contribution is 5.94. The average Bonchev–Trinajstić information content (AvgIpc) is 2.52. The number of halogens is 2. The molecule has 0 aliphatic heterocycles. The Labute approximate surface area is 133 Å². The van der Waals surface area contributed by atoms with Gasteiger partial charge in [0.25, 0.3) is 5.91 Å². The smallest absolute Gasteiger partial charge is 0.257 e. The minimum absolute atomic E-state index is 0.145. The first-order valence-corrected chi connectivity index (χ1v) is 7.07. The highest BCUT2D eigenvalue weighted by atomic mass is 19.1. The maximum absolute atomic E-state index is 13.5. The van der Waals surface area contributed by atoms with E-state index in [-0.39, 0.29) is 6.54 Å². The molecule has 0 bridgehead atoms. The molecule has 0 saturated carbocycles. The molecule has 1 unspecified atom stereocenters. The highest BCUT2D eigenvalue weighted by Gasteiger charge is 2.18. The lowest BCUT2D eigenvalue weighted by Gasteiger charge is -2.16. The van der Waals surface area contributed by atoms with E-state index in [0.29, 0.717) is 5.56 Å². The van der Waals surface area contributed by atoms with Crippen molar-refractivity contribution in [2.75, 3.05) is 25.5 Å². The second-order valence-corrected chi connectivity index (χ2v) is 5.31. The van der Waals surface area contributed by atoms with Crippen LogP contribution in [0.25, 0.3) is 0 Å². The third-order valence-electron chi connectivity index (χ3n) is 3.44. The Hall–Kier alpha value is -2.47. The number of aliphatic hydroxyl groups excluding tert-OH is 1. The Balaban J connectivity index is 2.01. The predicted molar refractivity (Wildman–Crippen MR) is 84.4 cm³/mol. The van der Waals surface area contributed by atoms with Gasteiger partial charge < -0.3 is 15.3 Å². The van der Waals surface area contributed by atoms with Crippen LogP contribution in [-0.2, 0) is 0 Å². The number of anilines is 1. The summed E-state index contributed by atoms with van der Waals surface area (Å²) >= 11 is 0. The third-order valence-corrected chi connectivity index (χ3v) is 3.44. The number of carbonyl (C=O) groups excluding carboxylic acids is 1. The van der Waals surface area contributed by atoms with Gasteiger partial charge in [0, 0.05) is 26.3 Å². The van der Waals surface area contributed by atoms with Crippen LogP contribution in [0.2, 0.25) is 0 Å². The average molecular weight is 320 g/mol. The zero-order chi connectivity index (χ0) is 17.0. The van der Waals surface area contributed by atoms with Crippen molar-refractivity contribution in [3.8, 4) is 0 Å². The van der Waals surface area contributed by atoms with E-state index < -0.39 is 29.2 Å². The van der Waals surface area contributed by atoms with Crippen molar-refractivity contribution < 1.29 is 18.7 Å². The fraction of sp³-hybridized carbons (Fsp3) is 0.235. The summed E-state index contributed by atoms with van der Waals surface area (Å²) in [5, 5.41) is 12.4. The van der Waals surface area contributed by atoms with Gasteiger partial charge in [0.1, 0.15) is 17.2 Å². The van der Waals surface area contributed by atoms with Crippen LogP contribution in [0.3, 0.4) is 0 Å². The second kappa shape index (κ2) is 7.19. The van der Waals surface area contributed by atoms with Crippen LogP contribution in [0.5, 0.6) is 0 Å². The van der Waals surface area contributed by atoms with E-state index in [1.54, 1.807) is 12.1 Å². The topological polar surface area (TPSA) is 52.6 Å². The molecule has 0 saturated heterocycles. The third kappa shape index (κ3) is 4.04. The van der Waals surface area contributed by atoms with E-state index in [0.717, 1.165) is 17.8 Å². The number of hydrogen-bond donors (Lipinski definition) is 2. The number of carbonyl (C=O) groups is 1. The number of hydrogen-bond acceptors (Lipinski definition) is 3. The SMILES string of the molecule is CN(C)c1ccc(C(O)CNC(=O)c2c(F)cccc2F)cc1. The van der Waals surface area contributed by atoms with Crippen LogP contribution >= 0.6 is 0 Å². The highest BCUT2D eigenvalue weighted by Crippen LogP contribution is 2.18. The largest absolute Gasteiger partial charge is 0.387 e. The van der Waals surface area contributed by atoms with Gasteiger partial charge >= 0.3 is 0 Å². The lowest BCUT2D eigenvalue weighted by Crippen LogP contribution is -2.29. The zero-order valence-corrected chi connectivity index (χ0v) is 12.9. The summed E-state index contributed by atoms with van der Waals surface area (Å²) in [6.45, 7) is -0.145. The van der Waals surface area contributed by atoms with Crippen molar-refractivity contribution in [2.24, 2.45) is 0 Å². The van der Waals surface area contributed by atoms with Gasteiger partial charge in [0.2, 0.25) is 0 Å². The first kappa shape index (κ1) is 16.9. The van der Waals surface area contributed by atoms with Crippen LogP contribution < -0.4 is 10.2 Å². The molecule has 0 aromatic heterocycles. The monoisotopic (exact) mass is 320 g/mol. The lowest BCUT2D eigenvalue weighted by molar-refractivity contribution is 0.0908. The van der Waals surface area contributed by atoms with Gasteiger partial charge in [-0.05, 0) is 29.8 Å². The van der Waals surface area contributed by atoms with Gasteiger partial charge in [-0.1, -0.05) is 18.2 Å². The molecule has 6 heteroatoms. The fourth-order valence-corrected chi connectivity index (χ4v) is 2.10. The Morgan fingerprint density at radius 1 is 1.13 bits per heavy atom. The van der Waals surface area contributed by atoms with Gasteiger partial charge in [-0.25, -0.2) is 8.78 Å². The van der Waals surface area contributed by atoms with Crippen LogP contribution in [0.1, 0.15) is 22.0 Å². The maximum atomic E-state index is 13.5. The Kier molecular flexibility index (Phi) is 5.28. The van der Waals surface area contributed by atoms with E-state index in [9.17, 15) is 18.7 Å². The number of nitrogens with zero attached hydrogens (tertiary/aromatic N) is 1. The molecule has 0 heterocycles. The minimum Gasteiger partial charge on any atom is -0.387 e. The van der Waals surface area contributed by atoms with Crippen LogP contribution in [0.4, 0.5) is 14.5 Å². The molecule has 2 rings (SSSR count). The van der Waals surface area contributed by atoms with E-state index in [1.165, 1.54) is 6.07 Å². The molecule has 1 amide bonds. The van der Waals surface area contributed by atoms with Crippen LogP contribution in [0, 0.1) is 11.6 Å². The standard InChI is InChI=1S/C17H18F2N2O2/c1-21(2)12-8-6-11(7-9-12)15(22)10-20-17(23)16-13(18)4-3-5-14(16)19/h3-9,15,22H,10H2,1-2H3,(H,20,23). The molecule has 2 aromatic rings. The summed E-state index contributed by atoms with van der Waals surface area (Å²) < 4.78 is 27.0. The fourth-order valence-electron chi connectivity index (χ4n) is 2.10. The maximum Gasteiger partial charge on any atom is 0.257 e. The number of benzene rings is 2. The Morgan fingerprint density at radius 3 is 2.22 bits per heavy atom.